The van der Waals surface area contributed by atoms with Crippen LogP contribution in [0.5, 0.6) is 5.75 Å². The summed E-state index contributed by atoms with van der Waals surface area (Å²) in [6.07, 6.45) is 0. The third kappa shape index (κ3) is 3.18. The lowest BCUT2D eigenvalue weighted by Gasteiger charge is -2.13. The number of rotatable bonds is 4. The molecule has 1 heterocycles. The summed E-state index contributed by atoms with van der Waals surface area (Å²) in [5.74, 6) is 0.347. The van der Waals surface area contributed by atoms with E-state index in [1.807, 2.05) is 60.7 Å². The summed E-state index contributed by atoms with van der Waals surface area (Å²) in [7, 11) is 3.00. The van der Waals surface area contributed by atoms with Gasteiger partial charge in [-0.2, -0.15) is 0 Å². The van der Waals surface area contributed by atoms with E-state index in [0.717, 1.165) is 22.3 Å². The number of methoxy groups -OCH3 is 2. The van der Waals surface area contributed by atoms with E-state index in [9.17, 15) is 4.79 Å². The van der Waals surface area contributed by atoms with Gasteiger partial charge in [0.15, 0.2) is 0 Å². The standard InChI is InChI=1S/C23H18N2O3/c1-27-16-13-11-15(12-14-16)21-22(25-20-10-6-5-9-19(20)24-21)17-7-3-4-8-18(17)23(26)28-2/h3-14H,1-2H3. The number of para-hydroxylation sites is 2. The van der Waals surface area contributed by atoms with Crippen LogP contribution in [0, 0.1) is 0 Å². The van der Waals surface area contributed by atoms with Crippen molar-refractivity contribution in [3.63, 3.8) is 0 Å². The van der Waals surface area contributed by atoms with Crippen molar-refractivity contribution in [3.05, 3.63) is 78.4 Å². The molecule has 4 rings (SSSR count). The van der Waals surface area contributed by atoms with Gasteiger partial charge in [0.2, 0.25) is 0 Å². The van der Waals surface area contributed by atoms with Crippen LogP contribution in [0.15, 0.2) is 72.8 Å². The first-order valence-corrected chi connectivity index (χ1v) is 8.80. The predicted octanol–water partition coefficient (Wildman–Crippen LogP) is 4.76. The molecule has 0 fully saturated rings. The summed E-state index contributed by atoms with van der Waals surface area (Å²) in [5, 5.41) is 0. The molecule has 0 saturated carbocycles. The van der Waals surface area contributed by atoms with Gasteiger partial charge in [0.05, 0.1) is 42.2 Å². The van der Waals surface area contributed by atoms with Crippen molar-refractivity contribution in [3.8, 4) is 28.3 Å². The third-order valence-electron chi connectivity index (χ3n) is 4.52. The van der Waals surface area contributed by atoms with Gasteiger partial charge >= 0.3 is 5.97 Å². The number of hydrogen-bond donors (Lipinski definition) is 0. The van der Waals surface area contributed by atoms with Gasteiger partial charge in [-0.1, -0.05) is 30.3 Å². The molecule has 0 aliphatic heterocycles. The van der Waals surface area contributed by atoms with E-state index in [1.54, 1.807) is 19.2 Å². The van der Waals surface area contributed by atoms with E-state index < -0.39 is 5.97 Å². The van der Waals surface area contributed by atoms with Crippen molar-refractivity contribution in [2.75, 3.05) is 14.2 Å². The highest BCUT2D eigenvalue weighted by Gasteiger charge is 2.19. The molecule has 0 atom stereocenters. The second kappa shape index (κ2) is 7.48. The smallest absolute Gasteiger partial charge is 0.338 e. The summed E-state index contributed by atoms with van der Waals surface area (Å²) in [5.41, 5.74) is 4.88. The number of hydrogen-bond acceptors (Lipinski definition) is 5. The van der Waals surface area contributed by atoms with Crippen LogP contribution in [0.3, 0.4) is 0 Å². The minimum Gasteiger partial charge on any atom is -0.497 e. The Morgan fingerprint density at radius 2 is 1.36 bits per heavy atom. The molecule has 138 valence electrons. The molecule has 0 saturated heterocycles. The zero-order chi connectivity index (χ0) is 19.5. The average molecular weight is 370 g/mol. The summed E-state index contributed by atoms with van der Waals surface area (Å²) in [4.78, 5) is 22.0. The molecule has 0 spiro atoms. The van der Waals surface area contributed by atoms with Crippen LogP contribution in [0.4, 0.5) is 0 Å². The van der Waals surface area contributed by atoms with Crippen LogP contribution in [0.25, 0.3) is 33.5 Å². The van der Waals surface area contributed by atoms with E-state index in [2.05, 4.69) is 0 Å². The van der Waals surface area contributed by atoms with Crippen LogP contribution in [0.2, 0.25) is 0 Å². The van der Waals surface area contributed by atoms with Crippen molar-refractivity contribution in [1.29, 1.82) is 0 Å². The Kier molecular flexibility index (Phi) is 4.72. The fourth-order valence-corrected chi connectivity index (χ4v) is 3.12. The maximum atomic E-state index is 12.3. The van der Waals surface area contributed by atoms with Crippen molar-refractivity contribution in [2.24, 2.45) is 0 Å². The van der Waals surface area contributed by atoms with Gasteiger partial charge in [0, 0.05) is 11.1 Å². The van der Waals surface area contributed by atoms with Gasteiger partial charge < -0.3 is 9.47 Å². The molecule has 28 heavy (non-hydrogen) atoms. The summed E-state index contributed by atoms with van der Waals surface area (Å²) in [6, 6.07) is 22.6. The number of nitrogens with zero attached hydrogens (tertiary/aromatic N) is 2. The summed E-state index contributed by atoms with van der Waals surface area (Å²) < 4.78 is 10.2. The zero-order valence-electron chi connectivity index (χ0n) is 15.5. The zero-order valence-corrected chi connectivity index (χ0v) is 15.5. The molecular formula is C23H18N2O3. The minimum atomic E-state index is -0.411. The monoisotopic (exact) mass is 370 g/mol. The molecule has 0 N–H and O–H groups in total. The van der Waals surface area contributed by atoms with Crippen LogP contribution < -0.4 is 4.74 Å². The molecule has 0 unspecified atom stereocenters. The number of carbonyl (C=O) groups is 1. The van der Waals surface area contributed by atoms with Crippen molar-refractivity contribution in [1.82, 2.24) is 9.97 Å². The maximum Gasteiger partial charge on any atom is 0.338 e. The van der Waals surface area contributed by atoms with Gasteiger partial charge in [-0.05, 0) is 42.5 Å². The third-order valence-corrected chi connectivity index (χ3v) is 4.52. The fourth-order valence-electron chi connectivity index (χ4n) is 3.12. The number of esters is 1. The minimum absolute atomic E-state index is 0.411. The molecule has 0 aliphatic rings. The Balaban J connectivity index is 2.00. The molecule has 4 aromatic rings. The largest absolute Gasteiger partial charge is 0.497 e. The van der Waals surface area contributed by atoms with Crippen LogP contribution in [-0.4, -0.2) is 30.2 Å². The van der Waals surface area contributed by atoms with Crippen LogP contribution in [-0.2, 0) is 4.74 Å². The highest BCUT2D eigenvalue weighted by Crippen LogP contribution is 2.33. The molecule has 1 aromatic heterocycles. The Morgan fingerprint density at radius 1 is 0.750 bits per heavy atom. The van der Waals surface area contributed by atoms with Gasteiger partial charge in [0.1, 0.15) is 5.75 Å². The molecular weight excluding hydrogens is 352 g/mol. The Labute approximate surface area is 162 Å². The predicted molar refractivity (Wildman–Crippen MR) is 108 cm³/mol. The van der Waals surface area contributed by atoms with E-state index in [4.69, 9.17) is 19.4 Å². The van der Waals surface area contributed by atoms with Crippen molar-refractivity contribution >= 4 is 17.0 Å². The lowest BCUT2D eigenvalue weighted by Crippen LogP contribution is -2.05. The fraction of sp³-hybridized carbons (Fsp3) is 0.0870. The highest BCUT2D eigenvalue weighted by molar-refractivity contribution is 5.99. The second-order valence-electron chi connectivity index (χ2n) is 6.18. The summed E-state index contributed by atoms with van der Waals surface area (Å²) in [6.45, 7) is 0. The summed E-state index contributed by atoms with van der Waals surface area (Å²) >= 11 is 0. The lowest BCUT2D eigenvalue weighted by molar-refractivity contribution is 0.0601. The molecule has 5 heteroatoms. The maximum absolute atomic E-state index is 12.3. The number of aromatic nitrogens is 2. The Hall–Kier alpha value is -3.73. The van der Waals surface area contributed by atoms with Crippen molar-refractivity contribution < 1.29 is 14.3 Å². The first-order chi connectivity index (χ1) is 13.7. The highest BCUT2D eigenvalue weighted by atomic mass is 16.5. The number of fused-ring (bicyclic) bond motifs is 1. The number of carbonyl (C=O) groups excluding carboxylic acids is 1. The van der Waals surface area contributed by atoms with E-state index in [0.29, 0.717) is 22.5 Å². The van der Waals surface area contributed by atoms with Gasteiger partial charge in [-0.15, -0.1) is 0 Å². The first-order valence-electron chi connectivity index (χ1n) is 8.80. The van der Waals surface area contributed by atoms with Gasteiger partial charge in [-0.25, -0.2) is 14.8 Å². The Bertz CT molecular complexity index is 1150. The number of ether oxygens (including phenoxy) is 2. The van der Waals surface area contributed by atoms with Crippen LogP contribution in [0.1, 0.15) is 10.4 Å². The Morgan fingerprint density at radius 3 is 2.00 bits per heavy atom. The molecule has 0 amide bonds. The van der Waals surface area contributed by atoms with E-state index in [1.165, 1.54) is 7.11 Å². The second-order valence-corrected chi connectivity index (χ2v) is 6.18. The molecule has 5 nitrogen and oxygen atoms in total. The molecule has 0 aliphatic carbocycles. The quantitative estimate of drug-likeness (QED) is 0.485. The SMILES string of the molecule is COC(=O)c1ccccc1-c1nc2ccccc2nc1-c1ccc(OC)cc1. The molecule has 3 aromatic carbocycles. The normalized spacial score (nSPS) is 10.6. The van der Waals surface area contributed by atoms with Gasteiger partial charge in [-0.3, -0.25) is 0 Å². The van der Waals surface area contributed by atoms with Crippen LogP contribution >= 0.6 is 0 Å². The van der Waals surface area contributed by atoms with E-state index >= 15 is 0 Å². The van der Waals surface area contributed by atoms with Crippen molar-refractivity contribution in [2.45, 2.75) is 0 Å². The average Bonchev–Trinajstić information content (AvgIpc) is 2.77. The topological polar surface area (TPSA) is 61.3 Å². The molecule has 0 radical (unpaired) electrons. The first kappa shape index (κ1) is 17.7. The molecule has 0 bridgehead atoms. The van der Waals surface area contributed by atoms with Gasteiger partial charge in [0.25, 0.3) is 0 Å². The van der Waals surface area contributed by atoms with E-state index in [-0.39, 0.29) is 0 Å². The lowest BCUT2D eigenvalue weighted by atomic mass is 9.99. The number of benzene rings is 3.